The molecule has 0 rings (SSSR count). The summed E-state index contributed by atoms with van der Waals surface area (Å²) in [6, 6.07) is -0.390. The molecule has 0 fully saturated rings. The van der Waals surface area contributed by atoms with Gasteiger partial charge in [0.2, 0.25) is 0 Å². The zero-order valence-electron chi connectivity index (χ0n) is 6.78. The van der Waals surface area contributed by atoms with Gasteiger partial charge in [0, 0.05) is 12.6 Å². The van der Waals surface area contributed by atoms with E-state index in [-0.39, 0.29) is 6.61 Å². The van der Waals surface area contributed by atoms with Crippen LogP contribution in [0, 0.1) is 0 Å². The maximum atomic E-state index is 12.2. The van der Waals surface area contributed by atoms with Crippen LogP contribution in [0.1, 0.15) is 19.8 Å². The Kier molecular flexibility index (Phi) is 5.53. The molecule has 0 aromatic heterocycles. The highest BCUT2D eigenvalue weighted by Crippen LogP contribution is 2.07. The molecule has 0 aromatic rings. The summed E-state index contributed by atoms with van der Waals surface area (Å²) in [5, 5.41) is 10.3. The Morgan fingerprint density at radius 2 is 2.00 bits per heavy atom. The summed E-state index contributed by atoms with van der Waals surface area (Å²) in [5.41, 5.74) is 0. The van der Waals surface area contributed by atoms with E-state index >= 15 is 0 Å². The average Bonchev–Trinajstić information content (AvgIpc) is 2.00. The van der Waals surface area contributed by atoms with Crippen LogP contribution >= 0.6 is 0 Å². The predicted molar refractivity (Wildman–Crippen MR) is 39.3 cm³/mol. The Hall–Kier alpha value is -0.710. The second-order valence-corrected chi connectivity index (χ2v) is 2.49. The maximum Gasteiger partial charge on any atom is 0.322 e. The third kappa shape index (κ3) is 5.01. The average molecular weight is 183 g/mol. The molecule has 0 radical (unpaired) electrons. The van der Waals surface area contributed by atoms with Crippen LogP contribution < -0.4 is 5.32 Å². The molecule has 0 unspecified atom stereocenters. The SMILES string of the molecule is C[C@H](CCCO)NC(F)=C(F)F. The molecule has 0 aliphatic rings. The third-order valence-corrected chi connectivity index (χ3v) is 1.33. The van der Waals surface area contributed by atoms with E-state index in [9.17, 15) is 13.2 Å². The van der Waals surface area contributed by atoms with Gasteiger partial charge in [-0.1, -0.05) is 0 Å². The van der Waals surface area contributed by atoms with Crippen LogP contribution in [0.15, 0.2) is 12.0 Å². The van der Waals surface area contributed by atoms with E-state index in [1.54, 1.807) is 6.92 Å². The van der Waals surface area contributed by atoms with Crippen molar-refractivity contribution >= 4 is 0 Å². The van der Waals surface area contributed by atoms with Crippen molar-refractivity contribution in [3.8, 4) is 0 Å². The van der Waals surface area contributed by atoms with Crippen molar-refractivity contribution in [1.29, 1.82) is 0 Å². The van der Waals surface area contributed by atoms with E-state index in [2.05, 4.69) is 0 Å². The lowest BCUT2D eigenvalue weighted by Gasteiger charge is -2.11. The molecule has 0 saturated carbocycles. The number of nitrogens with one attached hydrogen (secondary N) is 1. The Bertz CT molecular complexity index is 157. The molecule has 0 bridgehead atoms. The molecule has 0 saturated heterocycles. The van der Waals surface area contributed by atoms with Gasteiger partial charge in [-0.2, -0.15) is 13.2 Å². The van der Waals surface area contributed by atoms with Gasteiger partial charge in [-0.05, 0) is 19.8 Å². The van der Waals surface area contributed by atoms with Crippen molar-refractivity contribution in [3.63, 3.8) is 0 Å². The maximum absolute atomic E-state index is 12.2. The smallest absolute Gasteiger partial charge is 0.322 e. The van der Waals surface area contributed by atoms with E-state index in [4.69, 9.17) is 5.11 Å². The molecule has 0 aromatic carbocycles. The van der Waals surface area contributed by atoms with Gasteiger partial charge in [-0.3, -0.25) is 0 Å². The summed E-state index contributed by atoms with van der Waals surface area (Å²) < 4.78 is 35.2. The molecule has 0 aliphatic heterocycles. The highest BCUT2D eigenvalue weighted by molar-refractivity contribution is 4.90. The predicted octanol–water partition coefficient (Wildman–Crippen LogP) is 1.77. The summed E-state index contributed by atoms with van der Waals surface area (Å²) >= 11 is 0. The molecule has 2 N–H and O–H groups in total. The minimum atomic E-state index is -2.34. The molecule has 2 nitrogen and oxygen atoms in total. The van der Waals surface area contributed by atoms with Gasteiger partial charge < -0.3 is 10.4 Å². The number of halogens is 3. The highest BCUT2D eigenvalue weighted by atomic mass is 19.3. The Morgan fingerprint density at radius 3 is 2.42 bits per heavy atom. The van der Waals surface area contributed by atoms with E-state index in [0.29, 0.717) is 12.8 Å². The number of hydrogen-bond donors (Lipinski definition) is 2. The largest absolute Gasteiger partial charge is 0.396 e. The summed E-state index contributed by atoms with van der Waals surface area (Å²) in [4.78, 5) is 0. The second-order valence-electron chi connectivity index (χ2n) is 2.49. The van der Waals surface area contributed by atoms with Gasteiger partial charge in [0.25, 0.3) is 5.95 Å². The number of aliphatic hydroxyl groups is 1. The molecular weight excluding hydrogens is 171 g/mol. The lowest BCUT2D eigenvalue weighted by Crippen LogP contribution is -2.24. The molecule has 72 valence electrons. The fraction of sp³-hybridized carbons (Fsp3) is 0.714. The van der Waals surface area contributed by atoms with Gasteiger partial charge in [0.1, 0.15) is 0 Å². The van der Waals surface area contributed by atoms with Crippen LogP contribution in [-0.4, -0.2) is 17.8 Å². The molecule has 1 atom stereocenters. The zero-order valence-corrected chi connectivity index (χ0v) is 6.78. The van der Waals surface area contributed by atoms with E-state index in [1.807, 2.05) is 5.32 Å². The van der Waals surface area contributed by atoms with Crippen molar-refractivity contribution in [2.75, 3.05) is 6.61 Å². The first-order valence-corrected chi connectivity index (χ1v) is 3.66. The molecule has 0 spiro atoms. The minimum Gasteiger partial charge on any atom is -0.396 e. The number of aliphatic hydroxyl groups excluding tert-OH is 1. The first-order valence-electron chi connectivity index (χ1n) is 3.66. The van der Waals surface area contributed by atoms with Crippen LogP contribution in [0.25, 0.3) is 0 Å². The monoisotopic (exact) mass is 183 g/mol. The normalized spacial score (nSPS) is 12.4. The Labute approximate surface area is 69.1 Å². The molecule has 0 amide bonds. The van der Waals surface area contributed by atoms with Crippen molar-refractivity contribution in [1.82, 2.24) is 5.32 Å². The van der Waals surface area contributed by atoms with Gasteiger partial charge in [-0.15, -0.1) is 0 Å². The number of rotatable bonds is 5. The topological polar surface area (TPSA) is 32.3 Å². The van der Waals surface area contributed by atoms with E-state index in [0.717, 1.165) is 0 Å². The fourth-order valence-corrected chi connectivity index (χ4v) is 0.741. The molecule has 5 heteroatoms. The summed E-state index contributed by atoms with van der Waals surface area (Å²) in [7, 11) is 0. The Balaban J connectivity index is 3.69. The summed E-state index contributed by atoms with van der Waals surface area (Å²) in [5.74, 6) is -1.58. The highest BCUT2D eigenvalue weighted by Gasteiger charge is 2.08. The lowest BCUT2D eigenvalue weighted by molar-refractivity contribution is 0.274. The van der Waals surface area contributed by atoms with Crippen molar-refractivity contribution in [2.45, 2.75) is 25.8 Å². The molecule has 0 aliphatic carbocycles. The van der Waals surface area contributed by atoms with Crippen molar-refractivity contribution in [3.05, 3.63) is 12.0 Å². The first kappa shape index (κ1) is 11.3. The fourth-order valence-electron chi connectivity index (χ4n) is 0.741. The zero-order chi connectivity index (χ0) is 9.56. The van der Waals surface area contributed by atoms with E-state index < -0.39 is 18.1 Å². The third-order valence-electron chi connectivity index (χ3n) is 1.33. The van der Waals surface area contributed by atoms with Gasteiger partial charge in [-0.25, -0.2) is 0 Å². The van der Waals surface area contributed by atoms with Gasteiger partial charge >= 0.3 is 6.08 Å². The van der Waals surface area contributed by atoms with E-state index in [1.165, 1.54) is 0 Å². The van der Waals surface area contributed by atoms with Crippen LogP contribution in [0.5, 0.6) is 0 Å². The van der Waals surface area contributed by atoms with Crippen LogP contribution in [-0.2, 0) is 0 Å². The second kappa shape index (κ2) is 5.88. The van der Waals surface area contributed by atoms with Crippen molar-refractivity contribution in [2.24, 2.45) is 0 Å². The first-order chi connectivity index (χ1) is 5.57. The minimum absolute atomic E-state index is 0.0184. The van der Waals surface area contributed by atoms with Crippen LogP contribution in [0.4, 0.5) is 13.2 Å². The van der Waals surface area contributed by atoms with Crippen LogP contribution in [0.2, 0.25) is 0 Å². The quantitative estimate of drug-likeness (QED) is 0.636. The summed E-state index contributed by atoms with van der Waals surface area (Å²) in [6.07, 6.45) is -1.42. The standard InChI is InChI=1S/C7H12F3NO/c1-5(3-2-4-12)11-7(10)6(8)9/h5,11-12H,2-4H2,1H3/t5-/m1/s1. The van der Waals surface area contributed by atoms with Gasteiger partial charge in [0.05, 0.1) is 0 Å². The summed E-state index contributed by atoms with van der Waals surface area (Å²) in [6.45, 7) is 1.55. The molecule has 12 heavy (non-hydrogen) atoms. The lowest BCUT2D eigenvalue weighted by atomic mass is 10.2. The molecule has 0 heterocycles. The molecular formula is C7H12F3NO. The van der Waals surface area contributed by atoms with Crippen LogP contribution in [0.3, 0.4) is 0 Å². The Morgan fingerprint density at radius 1 is 1.42 bits per heavy atom. The van der Waals surface area contributed by atoms with Crippen molar-refractivity contribution < 1.29 is 18.3 Å². The van der Waals surface area contributed by atoms with Gasteiger partial charge in [0.15, 0.2) is 0 Å². The number of hydrogen-bond acceptors (Lipinski definition) is 2.